The van der Waals surface area contributed by atoms with Crippen molar-refractivity contribution in [2.24, 2.45) is 4.99 Å². The Morgan fingerprint density at radius 3 is 2.52 bits per heavy atom. The second kappa shape index (κ2) is 9.05. The maximum absolute atomic E-state index is 12.3. The smallest absolute Gasteiger partial charge is 0.408 e. The summed E-state index contributed by atoms with van der Waals surface area (Å²) in [4.78, 5) is 21.8. The number of carbonyl (C=O) groups excluding carboxylic acids is 1. The van der Waals surface area contributed by atoms with Crippen LogP contribution in [0.4, 0.5) is 4.79 Å². The molecule has 0 radical (unpaired) electrons. The second-order valence-electron chi connectivity index (χ2n) is 6.10. The maximum Gasteiger partial charge on any atom is 0.408 e. The summed E-state index contributed by atoms with van der Waals surface area (Å²) >= 11 is 0. The predicted molar refractivity (Wildman–Crippen MR) is 102 cm³/mol. The quantitative estimate of drug-likeness (QED) is 0.765. The van der Waals surface area contributed by atoms with Crippen molar-refractivity contribution in [3.63, 3.8) is 0 Å². The largest absolute Gasteiger partial charge is 0.497 e. The first-order chi connectivity index (χ1) is 13.2. The summed E-state index contributed by atoms with van der Waals surface area (Å²) < 4.78 is 10.5. The predicted octanol–water partition coefficient (Wildman–Crippen LogP) is 2.64. The molecule has 0 fully saturated rings. The van der Waals surface area contributed by atoms with Gasteiger partial charge in [-0.2, -0.15) is 0 Å². The van der Waals surface area contributed by atoms with Gasteiger partial charge >= 0.3 is 6.09 Å². The zero-order chi connectivity index (χ0) is 19.1. The number of carbonyl (C=O) groups is 1. The highest BCUT2D eigenvalue weighted by atomic mass is 16.6. The van der Waals surface area contributed by atoms with Crippen molar-refractivity contribution in [3.8, 4) is 5.75 Å². The highest BCUT2D eigenvalue weighted by Crippen LogP contribution is 2.27. The number of benzene rings is 2. The zero-order valence-electron chi connectivity index (χ0n) is 15.3. The molecular weight excluding hydrogens is 346 g/mol. The number of hydrogen-bond acceptors (Lipinski definition) is 6. The van der Waals surface area contributed by atoms with Crippen LogP contribution in [-0.2, 0) is 16.2 Å². The molecule has 27 heavy (non-hydrogen) atoms. The van der Waals surface area contributed by atoms with E-state index in [1.165, 1.54) is 7.11 Å². The van der Waals surface area contributed by atoms with Crippen LogP contribution in [0.5, 0.6) is 5.75 Å². The highest BCUT2D eigenvalue weighted by Gasteiger charge is 2.34. The highest BCUT2D eigenvalue weighted by molar-refractivity contribution is 5.92. The topological polar surface area (TPSA) is 81.2 Å². The molecule has 0 spiro atoms. The summed E-state index contributed by atoms with van der Waals surface area (Å²) in [7, 11) is 3.13. The van der Waals surface area contributed by atoms with E-state index in [9.17, 15) is 4.79 Å². The number of nitrogens with one attached hydrogen (secondary N) is 2. The normalized spacial score (nSPS) is 18.5. The van der Waals surface area contributed by atoms with Crippen molar-refractivity contribution < 1.29 is 19.1 Å². The van der Waals surface area contributed by atoms with Crippen LogP contribution >= 0.6 is 0 Å². The van der Waals surface area contributed by atoms with E-state index in [4.69, 9.17) is 14.3 Å². The lowest BCUT2D eigenvalue weighted by atomic mass is 9.93. The van der Waals surface area contributed by atoms with E-state index in [1.807, 2.05) is 54.6 Å². The van der Waals surface area contributed by atoms with Crippen LogP contribution in [0.15, 0.2) is 59.6 Å². The van der Waals surface area contributed by atoms with Crippen LogP contribution in [0.3, 0.4) is 0 Å². The third kappa shape index (κ3) is 4.77. The first-order valence-corrected chi connectivity index (χ1v) is 8.65. The molecule has 7 heteroatoms. The Kier molecular flexibility index (Phi) is 6.27. The molecule has 0 saturated carbocycles. The lowest BCUT2D eigenvalue weighted by Crippen LogP contribution is -2.47. The first kappa shape index (κ1) is 18.7. The summed E-state index contributed by atoms with van der Waals surface area (Å²) in [5, 5.41) is 2.90. The minimum absolute atomic E-state index is 0.0298. The summed E-state index contributed by atoms with van der Waals surface area (Å²) in [6.07, 6.45) is -0.505. The number of alkyl carbamates (subject to hydrolysis) is 1. The molecule has 2 N–H and O–H groups in total. The van der Waals surface area contributed by atoms with Gasteiger partial charge in [0.05, 0.1) is 20.8 Å². The number of nitrogens with zero attached hydrogens (tertiary/aromatic N) is 1. The van der Waals surface area contributed by atoms with Gasteiger partial charge in [-0.3, -0.25) is 15.3 Å². The van der Waals surface area contributed by atoms with Gasteiger partial charge in [0.15, 0.2) is 0 Å². The number of hydrogen-bond donors (Lipinski definition) is 2. The van der Waals surface area contributed by atoms with Gasteiger partial charge in [0, 0.05) is 5.92 Å². The van der Waals surface area contributed by atoms with Crippen LogP contribution in [0.2, 0.25) is 0 Å². The minimum atomic E-state index is -0.505. The molecule has 142 valence electrons. The summed E-state index contributed by atoms with van der Waals surface area (Å²) in [6.45, 7) is 0.735. The number of hydroxylamine groups is 1. The van der Waals surface area contributed by atoms with Crippen molar-refractivity contribution in [1.82, 2.24) is 10.8 Å². The molecule has 0 bridgehead atoms. The van der Waals surface area contributed by atoms with E-state index in [2.05, 4.69) is 15.8 Å². The molecular formula is C20H23N3O4. The van der Waals surface area contributed by atoms with E-state index >= 15 is 0 Å². The Labute approximate surface area is 158 Å². The van der Waals surface area contributed by atoms with E-state index in [0.717, 1.165) is 16.9 Å². The van der Waals surface area contributed by atoms with E-state index < -0.39 is 6.09 Å². The first-order valence-electron chi connectivity index (χ1n) is 8.65. The lowest BCUT2D eigenvalue weighted by molar-refractivity contribution is 0.131. The Balaban J connectivity index is 1.67. The molecule has 0 aromatic heterocycles. The molecule has 1 amide bonds. The van der Waals surface area contributed by atoms with Gasteiger partial charge in [-0.25, -0.2) is 4.79 Å². The fourth-order valence-corrected chi connectivity index (χ4v) is 3.00. The number of aliphatic imine (C=N–C) groups is 1. The minimum Gasteiger partial charge on any atom is -0.497 e. The molecule has 3 rings (SSSR count). The lowest BCUT2D eigenvalue weighted by Gasteiger charge is -2.22. The fraction of sp³-hybridized carbons (Fsp3) is 0.300. The second-order valence-corrected chi connectivity index (χ2v) is 6.10. The van der Waals surface area contributed by atoms with Crippen LogP contribution in [0, 0.1) is 0 Å². The van der Waals surface area contributed by atoms with Gasteiger partial charge < -0.3 is 14.8 Å². The summed E-state index contributed by atoms with van der Waals surface area (Å²) in [5.74, 6) is 1.31. The van der Waals surface area contributed by atoms with Gasteiger partial charge in [-0.1, -0.05) is 42.5 Å². The molecule has 1 heterocycles. The van der Waals surface area contributed by atoms with Crippen molar-refractivity contribution in [3.05, 3.63) is 65.7 Å². The molecule has 2 aromatic rings. The van der Waals surface area contributed by atoms with Crippen molar-refractivity contribution >= 4 is 11.9 Å². The maximum atomic E-state index is 12.3. The molecule has 0 aliphatic carbocycles. The Morgan fingerprint density at radius 1 is 1.11 bits per heavy atom. The van der Waals surface area contributed by atoms with Crippen LogP contribution in [-0.4, -0.2) is 38.7 Å². The van der Waals surface area contributed by atoms with Crippen LogP contribution < -0.4 is 15.5 Å². The molecule has 7 nitrogen and oxygen atoms in total. The number of rotatable bonds is 6. The Hall–Kier alpha value is -3.06. The van der Waals surface area contributed by atoms with Crippen LogP contribution in [0.1, 0.15) is 17.0 Å². The van der Waals surface area contributed by atoms with Crippen molar-refractivity contribution in [2.75, 3.05) is 20.8 Å². The standard InChI is InChI=1S/C20H23N3O4/c1-25-16-10-8-15(9-11-16)17-12-21-19(23-26-2)18(17)22-20(24)27-13-14-6-4-3-5-7-14/h3-11,17-18H,12-13H2,1-2H3,(H,21,23)(H,22,24)/t17-,18-/m1/s1. The van der Waals surface area contributed by atoms with Gasteiger partial charge in [0.1, 0.15) is 24.2 Å². The molecule has 0 saturated heterocycles. The summed E-state index contributed by atoms with van der Waals surface area (Å²) in [6, 6.07) is 16.9. The van der Waals surface area contributed by atoms with Crippen molar-refractivity contribution in [1.29, 1.82) is 0 Å². The third-order valence-corrected chi connectivity index (χ3v) is 4.39. The SMILES string of the molecule is CONC1=NC[C@H](c2ccc(OC)cc2)[C@H]1NC(=O)OCc1ccccc1. The number of amidine groups is 1. The van der Waals surface area contributed by atoms with Crippen LogP contribution in [0.25, 0.3) is 0 Å². The van der Waals surface area contributed by atoms with E-state index in [1.54, 1.807) is 7.11 Å². The van der Waals surface area contributed by atoms with E-state index in [0.29, 0.717) is 12.4 Å². The average molecular weight is 369 g/mol. The Morgan fingerprint density at radius 2 is 1.85 bits per heavy atom. The molecule has 1 aliphatic rings. The van der Waals surface area contributed by atoms with Crippen molar-refractivity contribution in [2.45, 2.75) is 18.6 Å². The number of methoxy groups -OCH3 is 1. The van der Waals surface area contributed by atoms with Gasteiger partial charge in [-0.05, 0) is 23.3 Å². The van der Waals surface area contributed by atoms with E-state index in [-0.39, 0.29) is 18.6 Å². The molecule has 0 unspecified atom stereocenters. The fourth-order valence-electron chi connectivity index (χ4n) is 3.00. The third-order valence-electron chi connectivity index (χ3n) is 4.39. The summed E-state index contributed by atoms with van der Waals surface area (Å²) in [5.41, 5.74) is 4.72. The monoisotopic (exact) mass is 369 g/mol. The Bertz CT molecular complexity index is 778. The van der Waals surface area contributed by atoms with Gasteiger partial charge in [0.25, 0.3) is 0 Å². The van der Waals surface area contributed by atoms with Gasteiger partial charge in [-0.15, -0.1) is 0 Å². The molecule has 2 atom stereocenters. The average Bonchev–Trinajstić information content (AvgIpc) is 3.10. The number of amides is 1. The zero-order valence-corrected chi connectivity index (χ0v) is 15.3. The molecule has 1 aliphatic heterocycles. The van der Waals surface area contributed by atoms with Gasteiger partial charge in [0.2, 0.25) is 0 Å². The molecule has 2 aromatic carbocycles. The number of ether oxygens (including phenoxy) is 2.